The fourth-order valence-electron chi connectivity index (χ4n) is 1.01. The highest BCUT2D eigenvalue weighted by molar-refractivity contribution is 7.98. The van der Waals surface area contributed by atoms with Crippen LogP contribution in [0.4, 0.5) is 0 Å². The molecule has 0 aromatic carbocycles. The molecule has 0 spiro atoms. The Morgan fingerprint density at radius 2 is 2.31 bits per heavy atom. The molecule has 5 nitrogen and oxygen atoms in total. The first-order chi connectivity index (χ1) is 7.58. The molecule has 1 aromatic heterocycles. The van der Waals surface area contributed by atoms with Gasteiger partial charge in [-0.05, 0) is 0 Å². The molecular formula is C9H14N4OS2. The van der Waals surface area contributed by atoms with Gasteiger partial charge in [-0.25, -0.2) is 4.98 Å². The fraction of sp³-hybridized carbons (Fsp3) is 0.444. The average Bonchev–Trinajstić information content (AvgIpc) is 2.59. The maximum atomic E-state index is 10.5. The lowest BCUT2D eigenvalue weighted by atomic mass is 10.4. The van der Waals surface area contributed by atoms with Gasteiger partial charge in [0.25, 0.3) is 0 Å². The molecule has 1 aromatic rings. The first-order valence-electron chi connectivity index (χ1n) is 4.70. The lowest BCUT2D eigenvalue weighted by Gasteiger charge is -1.96. The highest BCUT2D eigenvalue weighted by atomic mass is 32.2. The van der Waals surface area contributed by atoms with Crippen LogP contribution in [0.1, 0.15) is 17.1 Å². The first-order valence-corrected chi connectivity index (χ1v) is 6.73. The number of carbonyl (C=O) groups excluding carboxylic acids is 1. The summed E-state index contributed by atoms with van der Waals surface area (Å²) in [6.07, 6.45) is 0.811. The molecule has 0 unspecified atom stereocenters. The summed E-state index contributed by atoms with van der Waals surface area (Å²) in [4.78, 5) is 14.8. The second-order valence-electron chi connectivity index (χ2n) is 3.20. The molecule has 0 aliphatic heterocycles. The summed E-state index contributed by atoms with van der Waals surface area (Å²) in [6, 6.07) is 0. The number of primary amides is 1. The molecule has 0 aliphatic carbocycles. The van der Waals surface area contributed by atoms with E-state index in [1.807, 2.05) is 5.38 Å². The highest BCUT2D eigenvalue weighted by Gasteiger charge is 2.03. The minimum atomic E-state index is -0.275. The van der Waals surface area contributed by atoms with E-state index in [0.29, 0.717) is 12.8 Å². The number of rotatable bonds is 7. The Morgan fingerprint density at radius 3 is 2.94 bits per heavy atom. The number of nitrogens with two attached hydrogens (primary N) is 2. The zero-order valence-corrected chi connectivity index (χ0v) is 10.4. The maximum Gasteiger partial charge on any atom is 0.218 e. The van der Waals surface area contributed by atoms with Crippen molar-refractivity contribution < 1.29 is 4.79 Å². The third-order valence-electron chi connectivity index (χ3n) is 1.68. The van der Waals surface area contributed by atoms with Crippen molar-refractivity contribution in [3.63, 3.8) is 0 Å². The fourth-order valence-corrected chi connectivity index (χ4v) is 2.78. The molecule has 0 radical (unpaired) electrons. The van der Waals surface area contributed by atoms with Crippen molar-refractivity contribution in [1.29, 1.82) is 5.41 Å². The van der Waals surface area contributed by atoms with E-state index in [1.54, 1.807) is 11.8 Å². The van der Waals surface area contributed by atoms with Gasteiger partial charge >= 0.3 is 0 Å². The molecule has 0 saturated heterocycles. The predicted molar refractivity (Wildman–Crippen MR) is 67.7 cm³/mol. The van der Waals surface area contributed by atoms with Crippen molar-refractivity contribution in [3.05, 3.63) is 16.1 Å². The Balaban J connectivity index is 2.29. The number of nitrogens with one attached hydrogen (secondary N) is 1. The van der Waals surface area contributed by atoms with Crippen molar-refractivity contribution >= 4 is 34.8 Å². The van der Waals surface area contributed by atoms with Crippen molar-refractivity contribution in [2.24, 2.45) is 11.5 Å². The number of thiazole rings is 1. The van der Waals surface area contributed by atoms with E-state index < -0.39 is 0 Å². The molecule has 7 heteroatoms. The molecule has 5 N–H and O–H groups in total. The van der Waals surface area contributed by atoms with Crippen LogP contribution < -0.4 is 11.5 Å². The zero-order valence-electron chi connectivity index (χ0n) is 8.73. The summed E-state index contributed by atoms with van der Waals surface area (Å²) in [6.45, 7) is 0. The molecule has 0 aliphatic rings. The van der Waals surface area contributed by atoms with E-state index in [2.05, 4.69) is 4.98 Å². The third-order valence-corrected chi connectivity index (χ3v) is 3.57. The number of carbonyl (C=O) groups is 1. The Bertz CT molecular complexity index is 377. The number of nitrogens with zero attached hydrogens (tertiary/aromatic N) is 1. The quantitative estimate of drug-likeness (QED) is 0.381. The van der Waals surface area contributed by atoms with Gasteiger partial charge in [0.05, 0.1) is 18.0 Å². The van der Waals surface area contributed by atoms with Crippen LogP contribution in [0.5, 0.6) is 0 Å². The summed E-state index contributed by atoms with van der Waals surface area (Å²) >= 11 is 3.13. The number of hydrogen-bond donors (Lipinski definition) is 3. The molecule has 0 atom stereocenters. The van der Waals surface area contributed by atoms with E-state index >= 15 is 0 Å². The van der Waals surface area contributed by atoms with Gasteiger partial charge in [0, 0.05) is 23.3 Å². The van der Waals surface area contributed by atoms with Gasteiger partial charge in [-0.2, -0.15) is 11.8 Å². The lowest BCUT2D eigenvalue weighted by Crippen LogP contribution is -2.12. The smallest absolute Gasteiger partial charge is 0.218 e. The number of thioether (sulfide) groups is 1. The molecule has 88 valence electrons. The monoisotopic (exact) mass is 258 g/mol. The Morgan fingerprint density at radius 1 is 1.56 bits per heavy atom. The number of aromatic nitrogens is 1. The minimum Gasteiger partial charge on any atom is -0.387 e. The molecule has 1 heterocycles. The Kier molecular flexibility index (Phi) is 5.27. The molecule has 1 rings (SSSR count). The van der Waals surface area contributed by atoms with Crippen LogP contribution in [0, 0.1) is 5.41 Å². The van der Waals surface area contributed by atoms with Gasteiger partial charge in [-0.15, -0.1) is 11.3 Å². The topological polar surface area (TPSA) is 106 Å². The van der Waals surface area contributed by atoms with Crippen molar-refractivity contribution in [2.75, 3.05) is 5.75 Å². The van der Waals surface area contributed by atoms with E-state index in [0.717, 1.165) is 22.2 Å². The van der Waals surface area contributed by atoms with Gasteiger partial charge < -0.3 is 11.5 Å². The van der Waals surface area contributed by atoms with Crippen LogP contribution in [-0.2, 0) is 17.0 Å². The summed E-state index contributed by atoms with van der Waals surface area (Å²) in [5, 5.41) is 9.96. The Labute approximate surface area is 102 Å². The van der Waals surface area contributed by atoms with E-state index in [1.165, 1.54) is 11.3 Å². The summed E-state index contributed by atoms with van der Waals surface area (Å²) in [5.41, 5.74) is 11.3. The van der Waals surface area contributed by atoms with Gasteiger partial charge in [0.15, 0.2) is 0 Å². The number of amidine groups is 1. The summed E-state index contributed by atoms with van der Waals surface area (Å²) in [5.74, 6) is 1.33. The SMILES string of the molecule is N=C(N)Cc1nc(CSCCC(N)=O)cs1. The second kappa shape index (κ2) is 6.49. The molecule has 0 bridgehead atoms. The van der Waals surface area contributed by atoms with Crippen molar-refractivity contribution in [2.45, 2.75) is 18.6 Å². The molecule has 0 fully saturated rings. The van der Waals surface area contributed by atoms with Crippen LogP contribution in [0.25, 0.3) is 0 Å². The highest BCUT2D eigenvalue weighted by Crippen LogP contribution is 2.16. The minimum absolute atomic E-state index is 0.127. The van der Waals surface area contributed by atoms with Gasteiger partial charge in [0.1, 0.15) is 5.01 Å². The van der Waals surface area contributed by atoms with Crippen LogP contribution >= 0.6 is 23.1 Å². The van der Waals surface area contributed by atoms with Crippen LogP contribution in [0.2, 0.25) is 0 Å². The predicted octanol–water partition coefficient (Wildman–Crippen LogP) is 0.730. The molecule has 0 saturated carbocycles. The molecule has 1 amide bonds. The standard InChI is InChI=1S/C9H14N4OS2/c10-7(11)3-9-13-6(5-16-9)4-15-2-1-8(12)14/h5H,1-4H2,(H3,10,11)(H2,12,14). The van der Waals surface area contributed by atoms with Crippen molar-refractivity contribution in [3.8, 4) is 0 Å². The molecular weight excluding hydrogens is 244 g/mol. The zero-order chi connectivity index (χ0) is 12.0. The first kappa shape index (κ1) is 13.0. The van der Waals surface area contributed by atoms with E-state index in [4.69, 9.17) is 16.9 Å². The van der Waals surface area contributed by atoms with Crippen LogP contribution in [0.15, 0.2) is 5.38 Å². The second-order valence-corrected chi connectivity index (χ2v) is 5.25. The normalized spacial score (nSPS) is 10.2. The summed E-state index contributed by atoms with van der Waals surface area (Å²) < 4.78 is 0. The van der Waals surface area contributed by atoms with Crippen LogP contribution in [0.3, 0.4) is 0 Å². The third kappa shape index (κ3) is 5.13. The molecule has 16 heavy (non-hydrogen) atoms. The van der Waals surface area contributed by atoms with Gasteiger partial charge in [-0.3, -0.25) is 10.2 Å². The number of amides is 1. The average molecular weight is 258 g/mol. The van der Waals surface area contributed by atoms with Crippen LogP contribution in [-0.4, -0.2) is 22.5 Å². The number of hydrogen-bond acceptors (Lipinski definition) is 5. The summed E-state index contributed by atoms with van der Waals surface area (Å²) in [7, 11) is 0. The van der Waals surface area contributed by atoms with Gasteiger partial charge in [-0.1, -0.05) is 0 Å². The Hall–Kier alpha value is -1.08. The van der Waals surface area contributed by atoms with Gasteiger partial charge in [0.2, 0.25) is 5.91 Å². The maximum absolute atomic E-state index is 10.5. The van der Waals surface area contributed by atoms with E-state index in [-0.39, 0.29) is 11.7 Å². The van der Waals surface area contributed by atoms with Crippen molar-refractivity contribution in [1.82, 2.24) is 4.98 Å². The van der Waals surface area contributed by atoms with E-state index in [9.17, 15) is 4.79 Å². The largest absolute Gasteiger partial charge is 0.387 e. The lowest BCUT2D eigenvalue weighted by molar-refractivity contribution is -0.117.